The average Bonchev–Trinajstić information content (AvgIpc) is 2.45. The molecule has 0 aromatic carbocycles. The molecule has 1 heterocycles. The van der Waals surface area contributed by atoms with Crippen molar-refractivity contribution in [1.29, 1.82) is 0 Å². The van der Waals surface area contributed by atoms with Gasteiger partial charge in [-0.2, -0.15) is 0 Å². The van der Waals surface area contributed by atoms with Crippen molar-refractivity contribution in [3.8, 4) is 0 Å². The Bertz CT molecular complexity index is 418. The number of hydrogen-bond acceptors (Lipinski definition) is 5. The van der Waals surface area contributed by atoms with Crippen molar-refractivity contribution in [1.82, 2.24) is 9.80 Å². The van der Waals surface area contributed by atoms with E-state index in [9.17, 15) is 8.42 Å². The molecule has 1 aliphatic heterocycles. The third-order valence-corrected chi connectivity index (χ3v) is 6.17. The predicted molar refractivity (Wildman–Crippen MR) is 92.4 cm³/mol. The van der Waals surface area contributed by atoms with Crippen molar-refractivity contribution in [2.75, 3.05) is 44.2 Å². The molecule has 2 N–H and O–H groups in total. The van der Waals surface area contributed by atoms with Crippen molar-refractivity contribution < 1.29 is 8.42 Å². The molecule has 1 fully saturated rings. The van der Waals surface area contributed by atoms with Gasteiger partial charge >= 0.3 is 0 Å². The van der Waals surface area contributed by atoms with Gasteiger partial charge in [0.05, 0.1) is 16.8 Å². The Morgan fingerprint density at radius 1 is 1.24 bits per heavy atom. The molecule has 1 saturated heterocycles. The van der Waals surface area contributed by atoms with E-state index in [0.29, 0.717) is 10.7 Å². The monoisotopic (exact) mass is 335 g/mol. The topological polar surface area (TPSA) is 66.6 Å². The first-order chi connectivity index (χ1) is 9.89. The van der Waals surface area contributed by atoms with Crippen LogP contribution in [-0.2, 0) is 9.84 Å². The van der Waals surface area contributed by atoms with Crippen LogP contribution in [0, 0.1) is 0 Å². The molecule has 1 unspecified atom stereocenters. The lowest BCUT2D eigenvalue weighted by molar-refractivity contribution is 0.115. The van der Waals surface area contributed by atoms with Gasteiger partial charge in [0.1, 0.15) is 9.84 Å². The van der Waals surface area contributed by atoms with Crippen LogP contribution in [0.2, 0.25) is 0 Å². The fraction of sp³-hybridized carbons (Fsp3) is 0.929. The summed E-state index contributed by atoms with van der Waals surface area (Å²) in [4.78, 5) is 5.30. The first-order valence-corrected chi connectivity index (χ1v) is 10.1. The number of rotatable bonds is 9. The molecule has 0 spiro atoms. The van der Waals surface area contributed by atoms with E-state index >= 15 is 0 Å². The molecule has 0 amide bonds. The van der Waals surface area contributed by atoms with Gasteiger partial charge in [0.25, 0.3) is 0 Å². The normalized spacial score (nSPS) is 19.5. The Kier molecular flexibility index (Phi) is 8.08. The van der Waals surface area contributed by atoms with Gasteiger partial charge in [0.15, 0.2) is 0 Å². The Hall–Kier alpha value is -0.240. The molecule has 0 bridgehead atoms. The lowest BCUT2D eigenvalue weighted by Crippen LogP contribution is -2.53. The first-order valence-electron chi connectivity index (χ1n) is 7.85. The zero-order chi connectivity index (χ0) is 15.9. The van der Waals surface area contributed by atoms with E-state index in [1.165, 1.54) is 0 Å². The lowest BCUT2D eigenvalue weighted by atomic mass is 10.1. The predicted octanol–water partition coefficient (Wildman–Crippen LogP) is 0.884. The van der Waals surface area contributed by atoms with E-state index in [1.54, 1.807) is 6.92 Å². The van der Waals surface area contributed by atoms with E-state index in [1.807, 2.05) is 0 Å². The largest absolute Gasteiger partial charge is 0.392 e. The molecule has 0 radical (unpaired) electrons. The van der Waals surface area contributed by atoms with Crippen molar-refractivity contribution in [3.05, 3.63) is 0 Å². The third kappa shape index (κ3) is 6.59. The smallest absolute Gasteiger partial charge is 0.150 e. The quantitative estimate of drug-likeness (QED) is 0.631. The minimum absolute atomic E-state index is 0.215. The lowest BCUT2D eigenvalue weighted by Gasteiger charge is -2.39. The van der Waals surface area contributed by atoms with Crippen LogP contribution in [-0.4, -0.2) is 73.5 Å². The Labute approximate surface area is 134 Å². The molecule has 7 heteroatoms. The minimum atomic E-state index is -2.83. The van der Waals surface area contributed by atoms with E-state index in [0.717, 1.165) is 52.0 Å². The van der Waals surface area contributed by atoms with Crippen molar-refractivity contribution >= 4 is 27.0 Å². The van der Waals surface area contributed by atoms with E-state index in [2.05, 4.69) is 16.7 Å². The van der Waals surface area contributed by atoms with E-state index in [-0.39, 0.29) is 11.8 Å². The summed E-state index contributed by atoms with van der Waals surface area (Å²) in [5, 5.41) is 0. The molecule has 21 heavy (non-hydrogen) atoms. The molecule has 1 atom stereocenters. The van der Waals surface area contributed by atoms with Crippen LogP contribution < -0.4 is 5.73 Å². The molecule has 5 nitrogen and oxygen atoms in total. The number of hydrogen-bond donors (Lipinski definition) is 1. The van der Waals surface area contributed by atoms with Gasteiger partial charge in [0.2, 0.25) is 0 Å². The molecule has 124 valence electrons. The van der Waals surface area contributed by atoms with Crippen molar-refractivity contribution in [3.63, 3.8) is 0 Å². The van der Waals surface area contributed by atoms with Gasteiger partial charge in [-0.1, -0.05) is 32.5 Å². The second kappa shape index (κ2) is 9.02. The summed E-state index contributed by atoms with van der Waals surface area (Å²) in [6, 6.07) is 0.215. The summed E-state index contributed by atoms with van der Waals surface area (Å²) in [5.74, 6) is 0.544. The zero-order valence-electron chi connectivity index (χ0n) is 13.3. The van der Waals surface area contributed by atoms with Crippen LogP contribution >= 0.6 is 12.2 Å². The SMILES string of the molecule is CCCC(C(N)=S)N1CCN(CCCS(=O)(=O)CC)CC1. The third-order valence-electron chi connectivity index (χ3n) is 4.11. The Morgan fingerprint density at radius 2 is 1.86 bits per heavy atom. The second-order valence-electron chi connectivity index (χ2n) is 5.67. The van der Waals surface area contributed by atoms with Gasteiger partial charge in [-0.3, -0.25) is 4.90 Å². The highest BCUT2D eigenvalue weighted by molar-refractivity contribution is 7.91. The molecule has 1 aliphatic rings. The average molecular weight is 336 g/mol. The molecule has 1 rings (SSSR count). The van der Waals surface area contributed by atoms with Gasteiger partial charge in [0, 0.05) is 31.9 Å². The zero-order valence-corrected chi connectivity index (χ0v) is 14.9. The maximum absolute atomic E-state index is 11.5. The van der Waals surface area contributed by atoms with E-state index < -0.39 is 9.84 Å². The molecular weight excluding hydrogens is 306 g/mol. The summed E-state index contributed by atoms with van der Waals surface area (Å²) in [6.45, 7) is 8.57. The van der Waals surface area contributed by atoms with Crippen LogP contribution in [0.15, 0.2) is 0 Å². The maximum atomic E-state index is 11.5. The fourth-order valence-corrected chi connectivity index (χ4v) is 3.85. The van der Waals surface area contributed by atoms with Crippen LogP contribution in [0.25, 0.3) is 0 Å². The van der Waals surface area contributed by atoms with Crippen LogP contribution in [0.3, 0.4) is 0 Å². The number of sulfone groups is 1. The Morgan fingerprint density at radius 3 is 2.33 bits per heavy atom. The van der Waals surface area contributed by atoms with Gasteiger partial charge in [-0.25, -0.2) is 8.42 Å². The van der Waals surface area contributed by atoms with Crippen molar-refractivity contribution in [2.24, 2.45) is 5.73 Å². The fourth-order valence-electron chi connectivity index (χ4n) is 2.73. The number of nitrogens with two attached hydrogens (primary N) is 1. The molecular formula is C14H29N3O2S2. The Balaban J connectivity index is 2.33. The summed E-state index contributed by atoms with van der Waals surface area (Å²) < 4.78 is 22.9. The maximum Gasteiger partial charge on any atom is 0.150 e. The number of nitrogens with zero attached hydrogens (tertiary/aromatic N) is 2. The molecule has 0 aromatic rings. The van der Waals surface area contributed by atoms with Crippen LogP contribution in [0.1, 0.15) is 33.1 Å². The molecule has 0 aliphatic carbocycles. The van der Waals surface area contributed by atoms with E-state index in [4.69, 9.17) is 18.0 Å². The summed E-state index contributed by atoms with van der Waals surface area (Å²) in [6.07, 6.45) is 2.82. The van der Waals surface area contributed by atoms with Crippen LogP contribution in [0.5, 0.6) is 0 Å². The van der Waals surface area contributed by atoms with Gasteiger partial charge in [-0.15, -0.1) is 0 Å². The summed E-state index contributed by atoms with van der Waals surface area (Å²) >= 11 is 5.17. The number of thiocarbonyl (C=S) groups is 1. The first kappa shape index (κ1) is 18.8. The second-order valence-corrected chi connectivity index (χ2v) is 8.62. The minimum Gasteiger partial charge on any atom is -0.392 e. The molecule has 0 aromatic heterocycles. The highest BCUT2D eigenvalue weighted by atomic mass is 32.2. The standard InChI is InChI=1S/C14H29N3O2S2/c1-3-6-13(14(15)20)17-10-8-16(9-11-17)7-5-12-21(18,19)4-2/h13H,3-12H2,1-2H3,(H2,15,20). The number of piperazine rings is 1. The van der Waals surface area contributed by atoms with Crippen molar-refractivity contribution in [2.45, 2.75) is 39.2 Å². The highest BCUT2D eigenvalue weighted by Crippen LogP contribution is 2.12. The van der Waals surface area contributed by atoms with Gasteiger partial charge < -0.3 is 10.6 Å². The summed E-state index contributed by atoms with van der Waals surface area (Å²) in [7, 11) is -2.83. The van der Waals surface area contributed by atoms with Crippen LogP contribution in [0.4, 0.5) is 0 Å². The highest BCUT2D eigenvalue weighted by Gasteiger charge is 2.24. The van der Waals surface area contributed by atoms with Gasteiger partial charge in [-0.05, 0) is 19.4 Å². The molecule has 0 saturated carbocycles. The summed E-state index contributed by atoms with van der Waals surface area (Å²) in [5.41, 5.74) is 5.84.